The van der Waals surface area contributed by atoms with E-state index in [9.17, 15) is 9.59 Å². The van der Waals surface area contributed by atoms with Gasteiger partial charge in [-0.15, -0.1) is 0 Å². The fourth-order valence-electron chi connectivity index (χ4n) is 3.43. The van der Waals surface area contributed by atoms with Crippen LogP contribution in [0.25, 0.3) is 0 Å². The van der Waals surface area contributed by atoms with Gasteiger partial charge in [-0.05, 0) is 18.4 Å². The van der Waals surface area contributed by atoms with E-state index >= 15 is 0 Å². The molecule has 0 atom stereocenters. The zero-order valence-corrected chi connectivity index (χ0v) is 16.0. The summed E-state index contributed by atoms with van der Waals surface area (Å²) in [6.45, 7) is 2.85. The number of carbonyl (C=O) groups excluding carboxylic acids is 2. The summed E-state index contributed by atoms with van der Waals surface area (Å²) < 4.78 is 11.4. The van der Waals surface area contributed by atoms with Crippen LogP contribution in [0.3, 0.4) is 0 Å². The first-order valence-corrected chi connectivity index (χ1v) is 10.4. The summed E-state index contributed by atoms with van der Waals surface area (Å²) in [6, 6.07) is 9.57. The number of thioether (sulfide) groups is 1. The van der Waals surface area contributed by atoms with Crippen LogP contribution in [-0.4, -0.2) is 72.2 Å². The number of nitrogens with zero attached hydrogens (tertiary/aromatic N) is 2. The van der Waals surface area contributed by atoms with Gasteiger partial charge in [0, 0.05) is 38.1 Å². The van der Waals surface area contributed by atoms with Crippen molar-refractivity contribution >= 4 is 23.8 Å². The van der Waals surface area contributed by atoms with Crippen LogP contribution in [0.5, 0.6) is 5.75 Å². The molecule has 2 heterocycles. The Labute approximate surface area is 158 Å². The molecule has 142 valence electrons. The highest BCUT2D eigenvalue weighted by molar-refractivity contribution is 7.98. The van der Waals surface area contributed by atoms with Crippen molar-refractivity contribution in [2.24, 2.45) is 0 Å². The summed E-state index contributed by atoms with van der Waals surface area (Å²) in [5.41, 5.74) is -0.444. The Kier molecular flexibility index (Phi) is 6.29. The van der Waals surface area contributed by atoms with Crippen molar-refractivity contribution in [2.45, 2.75) is 24.9 Å². The van der Waals surface area contributed by atoms with Gasteiger partial charge in [-0.3, -0.25) is 4.79 Å². The minimum Gasteiger partial charge on any atom is -0.492 e. The van der Waals surface area contributed by atoms with E-state index in [2.05, 4.69) is 0 Å². The lowest BCUT2D eigenvalue weighted by Crippen LogP contribution is -2.49. The maximum atomic E-state index is 12.2. The molecule has 0 bridgehead atoms. The number of carbonyl (C=O) groups is 2. The molecule has 7 heteroatoms. The standard InChI is InChI=1S/C19H26N2O4S/c1-26-14-7-17(22)20-10-8-19(9-11-20)15-21(18(23)25-19)12-13-24-16-5-3-2-4-6-16/h2-6H,7-15H2,1H3. The molecule has 0 unspecified atom stereocenters. The molecule has 2 aliphatic rings. The van der Waals surface area contributed by atoms with Crippen molar-refractivity contribution in [3.05, 3.63) is 30.3 Å². The average Bonchev–Trinajstić information content (AvgIpc) is 2.96. The van der Waals surface area contributed by atoms with E-state index in [4.69, 9.17) is 9.47 Å². The van der Waals surface area contributed by atoms with Gasteiger partial charge in [0.15, 0.2) is 0 Å². The lowest BCUT2D eigenvalue weighted by atomic mass is 9.91. The third-order valence-corrected chi connectivity index (χ3v) is 5.57. The number of rotatable bonds is 7. The summed E-state index contributed by atoms with van der Waals surface area (Å²) in [7, 11) is 0. The van der Waals surface area contributed by atoms with Gasteiger partial charge >= 0.3 is 6.09 Å². The van der Waals surface area contributed by atoms with Crippen molar-refractivity contribution in [1.82, 2.24) is 9.80 Å². The molecule has 0 radical (unpaired) electrons. The molecule has 0 aromatic heterocycles. The van der Waals surface area contributed by atoms with E-state index in [1.807, 2.05) is 41.5 Å². The number of likely N-dealkylation sites (tertiary alicyclic amines) is 1. The fraction of sp³-hybridized carbons (Fsp3) is 0.579. The summed E-state index contributed by atoms with van der Waals surface area (Å²) in [6.07, 6.45) is 3.73. The van der Waals surface area contributed by atoms with Crippen LogP contribution in [-0.2, 0) is 9.53 Å². The molecule has 26 heavy (non-hydrogen) atoms. The molecule has 2 saturated heterocycles. The predicted molar refractivity (Wildman–Crippen MR) is 102 cm³/mol. The van der Waals surface area contributed by atoms with E-state index < -0.39 is 5.60 Å². The minimum absolute atomic E-state index is 0.201. The second-order valence-corrected chi connectivity index (χ2v) is 7.74. The van der Waals surface area contributed by atoms with Gasteiger partial charge in [-0.1, -0.05) is 18.2 Å². The normalized spacial score (nSPS) is 18.9. The van der Waals surface area contributed by atoms with Crippen molar-refractivity contribution < 1.29 is 19.1 Å². The smallest absolute Gasteiger partial charge is 0.410 e. The molecule has 2 amide bonds. The van der Waals surface area contributed by atoms with Crippen molar-refractivity contribution in [3.8, 4) is 5.75 Å². The number of para-hydroxylation sites is 1. The molecular formula is C19H26N2O4S. The number of hydrogen-bond acceptors (Lipinski definition) is 5. The van der Waals surface area contributed by atoms with Crippen LogP contribution in [0.2, 0.25) is 0 Å². The monoisotopic (exact) mass is 378 g/mol. The first kappa shape index (κ1) is 18.9. The van der Waals surface area contributed by atoms with Gasteiger partial charge < -0.3 is 19.3 Å². The lowest BCUT2D eigenvalue weighted by Gasteiger charge is -2.37. The molecule has 0 N–H and O–H groups in total. The highest BCUT2D eigenvalue weighted by Gasteiger charge is 2.47. The second kappa shape index (κ2) is 8.66. The Morgan fingerprint density at radius 1 is 1.27 bits per heavy atom. The first-order chi connectivity index (χ1) is 12.6. The van der Waals surface area contributed by atoms with E-state index in [0.29, 0.717) is 52.0 Å². The van der Waals surface area contributed by atoms with Crippen LogP contribution in [0.4, 0.5) is 4.79 Å². The third-order valence-electron chi connectivity index (χ3n) is 4.96. The van der Waals surface area contributed by atoms with Gasteiger partial charge in [0.1, 0.15) is 18.0 Å². The zero-order chi connectivity index (χ0) is 18.4. The molecule has 1 spiro atoms. The van der Waals surface area contributed by atoms with Crippen molar-refractivity contribution in [3.63, 3.8) is 0 Å². The molecule has 1 aromatic carbocycles. The van der Waals surface area contributed by atoms with Crippen molar-refractivity contribution in [2.75, 3.05) is 44.8 Å². The molecule has 3 rings (SSSR count). The molecule has 1 aromatic rings. The minimum atomic E-state index is -0.444. The summed E-state index contributed by atoms with van der Waals surface area (Å²) >= 11 is 1.68. The summed E-state index contributed by atoms with van der Waals surface area (Å²) in [5.74, 6) is 1.85. The zero-order valence-electron chi connectivity index (χ0n) is 15.2. The lowest BCUT2D eigenvalue weighted by molar-refractivity contribution is -0.134. The molecule has 2 aliphatic heterocycles. The highest BCUT2D eigenvalue weighted by atomic mass is 32.2. The highest BCUT2D eigenvalue weighted by Crippen LogP contribution is 2.33. The van der Waals surface area contributed by atoms with Crippen molar-refractivity contribution in [1.29, 1.82) is 0 Å². The SMILES string of the molecule is CSCCC(=O)N1CCC2(CC1)CN(CCOc1ccccc1)C(=O)O2. The Hall–Kier alpha value is -1.89. The Morgan fingerprint density at radius 3 is 2.69 bits per heavy atom. The number of ether oxygens (including phenoxy) is 2. The van der Waals surface area contributed by atoms with Crippen LogP contribution in [0.15, 0.2) is 30.3 Å². The topological polar surface area (TPSA) is 59.1 Å². The van der Waals surface area contributed by atoms with Gasteiger partial charge in [0.25, 0.3) is 0 Å². The van der Waals surface area contributed by atoms with Gasteiger partial charge in [-0.25, -0.2) is 4.79 Å². The molecule has 0 aliphatic carbocycles. The third kappa shape index (κ3) is 4.63. The second-order valence-electron chi connectivity index (χ2n) is 6.76. The fourth-order valence-corrected chi connectivity index (χ4v) is 3.81. The number of piperidine rings is 1. The number of hydrogen-bond donors (Lipinski definition) is 0. The van der Waals surface area contributed by atoms with E-state index in [-0.39, 0.29) is 12.0 Å². The first-order valence-electron chi connectivity index (χ1n) is 9.04. The van der Waals surface area contributed by atoms with Crippen LogP contribution >= 0.6 is 11.8 Å². The molecule has 2 fully saturated rings. The molecule has 0 saturated carbocycles. The summed E-state index contributed by atoms with van der Waals surface area (Å²) in [5, 5.41) is 0. The summed E-state index contributed by atoms with van der Waals surface area (Å²) in [4.78, 5) is 28.0. The van der Waals surface area contributed by atoms with E-state index in [1.165, 1.54) is 0 Å². The van der Waals surface area contributed by atoms with E-state index in [1.54, 1.807) is 16.7 Å². The largest absolute Gasteiger partial charge is 0.492 e. The van der Waals surface area contributed by atoms with E-state index in [0.717, 1.165) is 11.5 Å². The van der Waals surface area contributed by atoms with Gasteiger partial charge in [0.2, 0.25) is 5.91 Å². The number of benzene rings is 1. The van der Waals surface area contributed by atoms with Gasteiger partial charge in [0.05, 0.1) is 13.1 Å². The number of amides is 2. The molecule has 6 nitrogen and oxygen atoms in total. The van der Waals surface area contributed by atoms with Gasteiger partial charge in [-0.2, -0.15) is 11.8 Å². The average molecular weight is 378 g/mol. The van der Waals surface area contributed by atoms with Crippen LogP contribution < -0.4 is 4.74 Å². The Balaban J connectivity index is 1.45. The molecular weight excluding hydrogens is 352 g/mol. The Bertz CT molecular complexity index is 617. The maximum Gasteiger partial charge on any atom is 0.410 e. The van der Waals surface area contributed by atoms with Crippen LogP contribution in [0, 0.1) is 0 Å². The predicted octanol–water partition coefficient (Wildman–Crippen LogP) is 2.63. The maximum absolute atomic E-state index is 12.2. The van der Waals surface area contributed by atoms with Crippen LogP contribution in [0.1, 0.15) is 19.3 Å². The Morgan fingerprint density at radius 2 is 2.00 bits per heavy atom. The quantitative estimate of drug-likeness (QED) is 0.730.